The van der Waals surface area contributed by atoms with Crippen molar-refractivity contribution in [2.75, 3.05) is 21.6 Å². The fraction of sp³-hybridized carbons (Fsp3) is 0.500. The first-order valence-electron chi connectivity index (χ1n) is 8.83. The Hall–Kier alpha value is -1.65. The first-order chi connectivity index (χ1) is 13.0. The Morgan fingerprint density at radius 2 is 1.93 bits per heavy atom. The molecular weight excluding hydrogens is 416 g/mol. The zero-order chi connectivity index (χ0) is 21.1. The Morgan fingerprint density at radius 1 is 1.25 bits per heavy atom. The first kappa shape index (κ1) is 22.6. The number of aryl methyl sites for hydroxylation is 2. The molecule has 1 atom stereocenters. The maximum absolute atomic E-state index is 12.8. The van der Waals surface area contributed by atoms with Crippen LogP contribution in [0.5, 0.6) is 0 Å². The summed E-state index contributed by atoms with van der Waals surface area (Å²) < 4.78 is 26.9. The highest BCUT2D eigenvalue weighted by molar-refractivity contribution is 8.01. The number of anilines is 2. The Labute approximate surface area is 175 Å². The Bertz CT molecular complexity index is 941. The summed E-state index contributed by atoms with van der Waals surface area (Å²) in [5.41, 5.74) is 2.19. The monoisotopic (exact) mass is 442 g/mol. The van der Waals surface area contributed by atoms with Gasteiger partial charge in [0.2, 0.25) is 21.1 Å². The summed E-state index contributed by atoms with van der Waals surface area (Å²) in [4.78, 5) is 12.8. The molecule has 1 heterocycles. The Balaban J connectivity index is 2.22. The third-order valence-corrected chi connectivity index (χ3v) is 7.49. The predicted molar refractivity (Wildman–Crippen MR) is 117 cm³/mol. The van der Waals surface area contributed by atoms with Crippen LogP contribution in [0.1, 0.15) is 31.9 Å². The molecule has 0 bridgehead atoms. The van der Waals surface area contributed by atoms with Gasteiger partial charge in [0, 0.05) is 5.75 Å². The lowest BCUT2D eigenvalue weighted by Crippen LogP contribution is -2.45. The fourth-order valence-electron chi connectivity index (χ4n) is 2.50. The van der Waals surface area contributed by atoms with Crippen LogP contribution in [0.2, 0.25) is 0 Å². The third kappa shape index (κ3) is 5.92. The van der Waals surface area contributed by atoms with Crippen molar-refractivity contribution in [3.63, 3.8) is 0 Å². The summed E-state index contributed by atoms with van der Waals surface area (Å²) in [5, 5.41) is 11.1. The minimum absolute atomic E-state index is 0.359. The molecule has 154 valence electrons. The smallest absolute Gasteiger partial charge is 0.249 e. The summed E-state index contributed by atoms with van der Waals surface area (Å²) in [5.74, 6) is 0.976. The molecule has 0 unspecified atom stereocenters. The molecule has 28 heavy (non-hydrogen) atoms. The molecule has 7 nitrogen and oxygen atoms in total. The van der Waals surface area contributed by atoms with E-state index >= 15 is 0 Å². The number of nitrogens with one attached hydrogen (secondary N) is 1. The summed E-state index contributed by atoms with van der Waals surface area (Å²) in [7, 11) is -3.67. The maximum atomic E-state index is 12.8. The van der Waals surface area contributed by atoms with Crippen LogP contribution in [0, 0.1) is 19.8 Å². The van der Waals surface area contributed by atoms with Gasteiger partial charge in [0.1, 0.15) is 6.04 Å². The van der Waals surface area contributed by atoms with Gasteiger partial charge in [0.15, 0.2) is 4.34 Å². The van der Waals surface area contributed by atoms with Crippen LogP contribution < -0.4 is 9.62 Å². The number of carbonyl (C=O) groups is 1. The summed E-state index contributed by atoms with van der Waals surface area (Å²) >= 11 is 2.87. The molecule has 0 aliphatic rings. The molecule has 0 aliphatic carbocycles. The minimum Gasteiger partial charge on any atom is -0.299 e. The number of hydrogen-bond donors (Lipinski definition) is 1. The van der Waals surface area contributed by atoms with Crippen LogP contribution in [-0.2, 0) is 14.8 Å². The lowest BCUT2D eigenvalue weighted by atomic mass is 10.1. The molecule has 10 heteroatoms. The normalized spacial score (nSPS) is 12.8. The topological polar surface area (TPSA) is 92.3 Å². The van der Waals surface area contributed by atoms with Crippen LogP contribution >= 0.6 is 23.1 Å². The fourth-order valence-corrected chi connectivity index (χ4v) is 5.46. The van der Waals surface area contributed by atoms with Gasteiger partial charge in [-0.2, -0.15) is 0 Å². The van der Waals surface area contributed by atoms with E-state index in [2.05, 4.69) is 29.4 Å². The Kier molecular flexibility index (Phi) is 7.46. The molecule has 2 aromatic rings. The van der Waals surface area contributed by atoms with E-state index in [1.165, 1.54) is 11.3 Å². The van der Waals surface area contributed by atoms with Gasteiger partial charge < -0.3 is 0 Å². The van der Waals surface area contributed by atoms with Gasteiger partial charge in [-0.3, -0.25) is 14.4 Å². The number of carbonyl (C=O) groups excluding carboxylic acids is 1. The van der Waals surface area contributed by atoms with Gasteiger partial charge in [-0.25, -0.2) is 8.42 Å². The highest BCUT2D eigenvalue weighted by Crippen LogP contribution is 2.29. The molecule has 0 aliphatic heterocycles. The quantitative estimate of drug-likeness (QED) is 0.495. The predicted octanol–water partition coefficient (Wildman–Crippen LogP) is 3.70. The molecule has 1 aromatic heterocycles. The molecule has 0 radical (unpaired) electrons. The molecule has 0 fully saturated rings. The lowest BCUT2D eigenvalue weighted by Gasteiger charge is -2.29. The Morgan fingerprint density at radius 3 is 2.54 bits per heavy atom. The van der Waals surface area contributed by atoms with Crippen LogP contribution in [0.3, 0.4) is 0 Å². The second-order valence-corrected chi connectivity index (χ2v) is 11.2. The van der Waals surface area contributed by atoms with E-state index in [1.54, 1.807) is 24.8 Å². The number of sulfonamides is 1. The number of thioether (sulfide) groups is 1. The van der Waals surface area contributed by atoms with Crippen molar-refractivity contribution in [1.82, 2.24) is 10.2 Å². The van der Waals surface area contributed by atoms with Crippen LogP contribution in [0.4, 0.5) is 10.8 Å². The zero-order valence-electron chi connectivity index (χ0n) is 16.9. The van der Waals surface area contributed by atoms with Crippen LogP contribution in [0.15, 0.2) is 22.5 Å². The summed E-state index contributed by atoms with van der Waals surface area (Å²) in [6.07, 6.45) is 1.10. The minimum atomic E-state index is -3.67. The highest BCUT2D eigenvalue weighted by atomic mass is 32.2. The van der Waals surface area contributed by atoms with Crippen molar-refractivity contribution in [3.8, 4) is 0 Å². The van der Waals surface area contributed by atoms with Crippen molar-refractivity contribution in [1.29, 1.82) is 0 Å². The average Bonchev–Trinajstić information content (AvgIpc) is 3.02. The van der Waals surface area contributed by atoms with Gasteiger partial charge in [0.25, 0.3) is 0 Å². The number of nitrogens with zero attached hydrogens (tertiary/aromatic N) is 3. The summed E-state index contributed by atoms with van der Waals surface area (Å²) in [6, 6.07) is 4.58. The van der Waals surface area contributed by atoms with Crippen molar-refractivity contribution in [2.24, 2.45) is 5.92 Å². The molecule has 0 spiro atoms. The van der Waals surface area contributed by atoms with E-state index in [0.29, 0.717) is 16.7 Å². The van der Waals surface area contributed by atoms with E-state index in [-0.39, 0.29) is 0 Å². The zero-order valence-corrected chi connectivity index (χ0v) is 19.3. The van der Waals surface area contributed by atoms with E-state index in [1.807, 2.05) is 26.0 Å². The molecule has 0 saturated heterocycles. The number of benzene rings is 1. The average molecular weight is 443 g/mol. The van der Waals surface area contributed by atoms with E-state index < -0.39 is 22.0 Å². The van der Waals surface area contributed by atoms with Gasteiger partial charge in [0.05, 0.1) is 11.9 Å². The molecule has 1 N–H and O–H groups in total. The lowest BCUT2D eigenvalue weighted by molar-refractivity contribution is -0.116. The first-order valence-corrected chi connectivity index (χ1v) is 12.5. The third-order valence-electron chi connectivity index (χ3n) is 3.87. The van der Waals surface area contributed by atoms with E-state index in [4.69, 9.17) is 0 Å². The highest BCUT2D eigenvalue weighted by Gasteiger charge is 2.30. The van der Waals surface area contributed by atoms with E-state index in [9.17, 15) is 13.2 Å². The van der Waals surface area contributed by atoms with Gasteiger partial charge >= 0.3 is 0 Å². The standard InChI is InChI=1S/C18H26N4O3S3/c1-11(2)10-26-18-21-20-17(27-18)19-16(23)14(5)22(28(6,24)25)15-9-12(3)7-8-13(15)4/h7-9,11,14H,10H2,1-6H3,(H,19,20,23)/t14-/m0/s1. The SMILES string of the molecule is Cc1ccc(C)c(N([C@@H](C)C(=O)Nc2nnc(SCC(C)C)s2)S(C)(=O)=O)c1. The molecule has 1 aromatic carbocycles. The van der Waals surface area contributed by atoms with Crippen LogP contribution in [0.25, 0.3) is 0 Å². The number of rotatable bonds is 8. The number of hydrogen-bond acceptors (Lipinski definition) is 7. The number of aromatic nitrogens is 2. The van der Waals surface area contributed by atoms with Gasteiger partial charge in [-0.15, -0.1) is 10.2 Å². The molecular formula is C18H26N4O3S3. The van der Waals surface area contributed by atoms with Gasteiger partial charge in [-0.1, -0.05) is 49.1 Å². The van der Waals surface area contributed by atoms with Crippen molar-refractivity contribution in [3.05, 3.63) is 29.3 Å². The van der Waals surface area contributed by atoms with Gasteiger partial charge in [-0.05, 0) is 43.9 Å². The molecule has 2 rings (SSSR count). The van der Waals surface area contributed by atoms with Crippen molar-refractivity contribution < 1.29 is 13.2 Å². The van der Waals surface area contributed by atoms with E-state index in [0.717, 1.165) is 31.8 Å². The van der Waals surface area contributed by atoms with Crippen molar-refractivity contribution in [2.45, 2.75) is 45.0 Å². The summed E-state index contributed by atoms with van der Waals surface area (Å²) in [6.45, 7) is 9.50. The number of amides is 1. The second kappa shape index (κ2) is 9.23. The largest absolute Gasteiger partial charge is 0.299 e. The second-order valence-electron chi connectivity index (χ2n) is 7.09. The molecule has 0 saturated carbocycles. The maximum Gasteiger partial charge on any atom is 0.249 e. The molecule has 1 amide bonds. The van der Waals surface area contributed by atoms with Crippen molar-refractivity contribution >= 4 is 49.8 Å². The van der Waals surface area contributed by atoms with Crippen LogP contribution in [-0.4, -0.2) is 42.6 Å².